The normalized spacial score (nSPS) is 18.8. The lowest BCUT2D eigenvalue weighted by molar-refractivity contribution is -0.119. The van der Waals surface area contributed by atoms with E-state index in [9.17, 15) is 4.79 Å². The fourth-order valence-corrected chi connectivity index (χ4v) is 5.05. The second-order valence-corrected chi connectivity index (χ2v) is 9.18. The molecule has 0 saturated heterocycles. The number of rotatable bonds is 4. The molecule has 0 aromatic heterocycles. The first-order chi connectivity index (χ1) is 16.4. The zero-order chi connectivity index (χ0) is 23.9. The Hall–Kier alpha value is -3.80. The van der Waals surface area contributed by atoms with Crippen LogP contribution in [0.15, 0.2) is 65.8 Å². The summed E-state index contributed by atoms with van der Waals surface area (Å²) in [6.07, 6.45) is 2.17. The van der Waals surface area contributed by atoms with E-state index in [0.717, 1.165) is 28.7 Å². The highest BCUT2D eigenvalue weighted by Gasteiger charge is 2.49. The van der Waals surface area contributed by atoms with E-state index in [1.807, 2.05) is 30.1 Å². The molecule has 6 heteroatoms. The number of fused-ring (bicyclic) bond motifs is 1. The van der Waals surface area contributed by atoms with Gasteiger partial charge in [0.2, 0.25) is 5.72 Å². The van der Waals surface area contributed by atoms with Crippen molar-refractivity contribution in [2.45, 2.75) is 45.8 Å². The van der Waals surface area contributed by atoms with Gasteiger partial charge in [-0.15, -0.1) is 0 Å². The number of nitrogens with zero attached hydrogens (tertiary/aromatic N) is 2. The minimum atomic E-state index is -0.788. The summed E-state index contributed by atoms with van der Waals surface area (Å²) >= 11 is 0. The van der Waals surface area contributed by atoms with Crippen molar-refractivity contribution in [3.05, 3.63) is 99.6 Å². The third-order valence-electron chi connectivity index (χ3n) is 6.73. The van der Waals surface area contributed by atoms with Gasteiger partial charge in [-0.25, -0.2) is 5.01 Å². The van der Waals surface area contributed by atoms with E-state index in [-0.39, 0.29) is 5.91 Å². The van der Waals surface area contributed by atoms with Crippen molar-refractivity contribution in [3.8, 4) is 5.75 Å². The van der Waals surface area contributed by atoms with E-state index in [4.69, 9.17) is 9.57 Å². The van der Waals surface area contributed by atoms with Crippen molar-refractivity contribution < 1.29 is 14.4 Å². The van der Waals surface area contributed by atoms with Crippen LogP contribution >= 0.6 is 0 Å². The van der Waals surface area contributed by atoms with Crippen LogP contribution in [0.25, 0.3) is 0 Å². The predicted octanol–water partition coefficient (Wildman–Crippen LogP) is 4.84. The molecule has 1 N–H and O–H groups in total. The monoisotopic (exact) mass is 455 g/mol. The van der Waals surface area contributed by atoms with Crippen molar-refractivity contribution >= 4 is 11.7 Å². The number of methoxy groups -OCH3 is 1. The summed E-state index contributed by atoms with van der Waals surface area (Å²) in [5.74, 6) is 1.06. The van der Waals surface area contributed by atoms with Crippen LogP contribution in [0.4, 0.5) is 0 Å². The fourth-order valence-electron chi connectivity index (χ4n) is 5.05. The first kappa shape index (κ1) is 22.0. The molecule has 3 aromatic carbocycles. The largest absolute Gasteiger partial charge is 0.496 e. The topological polar surface area (TPSA) is 63.2 Å². The van der Waals surface area contributed by atoms with Crippen molar-refractivity contribution in [2.75, 3.05) is 7.11 Å². The summed E-state index contributed by atoms with van der Waals surface area (Å²) in [4.78, 5) is 19.7. The second kappa shape index (κ2) is 8.52. The van der Waals surface area contributed by atoms with Crippen molar-refractivity contribution in [2.24, 2.45) is 5.16 Å². The molecule has 1 amide bonds. The first-order valence-corrected chi connectivity index (χ1v) is 11.6. The number of hydrazine groups is 1. The number of hydrogen-bond acceptors (Lipinski definition) is 5. The predicted molar refractivity (Wildman–Crippen MR) is 132 cm³/mol. The summed E-state index contributed by atoms with van der Waals surface area (Å²) in [6.45, 7) is 6.00. The lowest BCUT2D eigenvalue weighted by Gasteiger charge is -2.40. The Bertz CT molecular complexity index is 1280. The summed E-state index contributed by atoms with van der Waals surface area (Å²) in [7, 11) is 1.61. The quantitative estimate of drug-likeness (QED) is 0.611. The van der Waals surface area contributed by atoms with E-state index in [2.05, 4.69) is 60.8 Å². The summed E-state index contributed by atoms with van der Waals surface area (Å²) in [5.41, 5.74) is 9.39. The number of carbonyl (C=O) groups excluding carboxylic acids is 1. The van der Waals surface area contributed by atoms with Crippen LogP contribution in [-0.2, 0) is 17.7 Å². The SMILES string of the molecule is COc1cccc(C(=O)NN2C(c3cc(C)cc(C)c3)=NOC23CCc2ccccc2C3)c1C. The summed E-state index contributed by atoms with van der Waals surface area (Å²) in [6, 6.07) is 20.1. The molecule has 174 valence electrons. The fraction of sp³-hybridized carbons (Fsp3) is 0.286. The molecule has 1 heterocycles. The molecule has 0 radical (unpaired) electrons. The third-order valence-corrected chi connectivity index (χ3v) is 6.73. The molecule has 3 aromatic rings. The van der Waals surface area contributed by atoms with Crippen LogP contribution in [0, 0.1) is 20.8 Å². The molecule has 0 fully saturated rings. The van der Waals surface area contributed by atoms with Crippen LogP contribution in [0.1, 0.15) is 50.2 Å². The molecular weight excluding hydrogens is 426 g/mol. The van der Waals surface area contributed by atoms with Crippen molar-refractivity contribution in [1.29, 1.82) is 0 Å². The Morgan fingerprint density at radius 3 is 2.50 bits per heavy atom. The third kappa shape index (κ3) is 3.79. The molecule has 34 heavy (non-hydrogen) atoms. The Balaban J connectivity index is 1.55. The van der Waals surface area contributed by atoms with Crippen LogP contribution in [0.3, 0.4) is 0 Å². The molecule has 1 aliphatic heterocycles. The van der Waals surface area contributed by atoms with Gasteiger partial charge in [-0.05, 0) is 62.6 Å². The van der Waals surface area contributed by atoms with Gasteiger partial charge in [-0.2, -0.15) is 0 Å². The lowest BCUT2D eigenvalue weighted by atomic mass is 9.85. The number of nitrogens with one attached hydrogen (secondary N) is 1. The van der Waals surface area contributed by atoms with Crippen molar-refractivity contribution in [3.63, 3.8) is 0 Å². The highest BCUT2D eigenvalue weighted by atomic mass is 16.7. The maximum Gasteiger partial charge on any atom is 0.270 e. The molecule has 1 spiro atoms. The van der Waals surface area contributed by atoms with E-state index >= 15 is 0 Å². The van der Waals surface area contributed by atoms with Gasteiger partial charge >= 0.3 is 0 Å². The molecular formula is C28H29N3O3. The smallest absolute Gasteiger partial charge is 0.270 e. The van der Waals surface area contributed by atoms with Gasteiger partial charge in [-0.1, -0.05) is 52.7 Å². The molecule has 6 nitrogen and oxygen atoms in total. The zero-order valence-electron chi connectivity index (χ0n) is 20.0. The molecule has 1 aliphatic carbocycles. The highest BCUT2D eigenvalue weighted by molar-refractivity contribution is 6.03. The number of amides is 1. The summed E-state index contributed by atoms with van der Waals surface area (Å²) in [5, 5.41) is 6.37. The van der Waals surface area contributed by atoms with Crippen LogP contribution in [-0.4, -0.2) is 29.6 Å². The maximum absolute atomic E-state index is 13.6. The second-order valence-electron chi connectivity index (χ2n) is 9.18. The average molecular weight is 456 g/mol. The molecule has 0 bridgehead atoms. The Morgan fingerprint density at radius 2 is 1.76 bits per heavy atom. The van der Waals surface area contributed by atoms with Crippen LogP contribution < -0.4 is 10.2 Å². The van der Waals surface area contributed by atoms with Crippen molar-refractivity contribution in [1.82, 2.24) is 10.4 Å². The van der Waals surface area contributed by atoms with E-state index in [1.54, 1.807) is 13.2 Å². The Kier molecular flexibility index (Phi) is 5.52. The first-order valence-electron chi connectivity index (χ1n) is 11.6. The molecule has 1 atom stereocenters. The minimum Gasteiger partial charge on any atom is -0.496 e. The van der Waals surface area contributed by atoms with Crippen LogP contribution in [0.5, 0.6) is 5.75 Å². The number of benzene rings is 3. The Morgan fingerprint density at radius 1 is 1.03 bits per heavy atom. The van der Waals surface area contributed by atoms with Gasteiger partial charge in [0.15, 0.2) is 5.84 Å². The van der Waals surface area contributed by atoms with E-state index in [0.29, 0.717) is 30.0 Å². The molecule has 2 aliphatic rings. The molecule has 1 unspecified atom stereocenters. The van der Waals surface area contributed by atoms with E-state index in [1.165, 1.54) is 11.1 Å². The van der Waals surface area contributed by atoms with Gasteiger partial charge in [0.05, 0.1) is 7.11 Å². The number of amidine groups is 1. The summed E-state index contributed by atoms with van der Waals surface area (Å²) < 4.78 is 5.43. The highest BCUT2D eigenvalue weighted by Crippen LogP contribution is 2.38. The van der Waals surface area contributed by atoms with Crippen LogP contribution in [0.2, 0.25) is 0 Å². The molecule has 5 rings (SSSR count). The molecule has 0 saturated carbocycles. The van der Waals surface area contributed by atoms with Gasteiger partial charge in [-0.3, -0.25) is 10.2 Å². The number of ether oxygens (including phenoxy) is 1. The Labute approximate surface area is 200 Å². The number of hydrogen-bond donors (Lipinski definition) is 1. The van der Waals surface area contributed by atoms with Gasteiger partial charge in [0, 0.05) is 29.5 Å². The van der Waals surface area contributed by atoms with Gasteiger partial charge in [0.1, 0.15) is 5.75 Å². The zero-order valence-corrected chi connectivity index (χ0v) is 20.0. The number of oxime groups is 1. The minimum absolute atomic E-state index is 0.225. The van der Waals surface area contributed by atoms with Gasteiger partial charge < -0.3 is 9.57 Å². The van der Waals surface area contributed by atoms with Gasteiger partial charge in [0.25, 0.3) is 5.91 Å². The van der Waals surface area contributed by atoms with E-state index < -0.39 is 5.72 Å². The number of carbonyl (C=O) groups is 1. The lowest BCUT2D eigenvalue weighted by Crippen LogP contribution is -2.59. The maximum atomic E-state index is 13.6. The number of aryl methyl sites for hydroxylation is 3. The standard InChI is InChI=1S/C28H29N3O3/c1-18-14-19(2)16-23(15-18)26-30-34-28(13-12-21-8-5-6-9-22(21)17-28)31(26)29-27(32)24-10-7-11-25(33-4)20(24)3/h5-11,14-16H,12-13,17H2,1-4H3,(H,29,32). The average Bonchev–Trinajstić information content (AvgIpc) is 3.15.